The molecular formula is C12H13N3O3S. The largest absolute Gasteiger partial charge is 0.274 e. The molecule has 1 heterocycles. The Labute approximate surface area is 111 Å². The third-order valence-corrected chi connectivity index (χ3v) is 3.82. The van der Waals surface area contributed by atoms with Gasteiger partial charge < -0.3 is 0 Å². The summed E-state index contributed by atoms with van der Waals surface area (Å²) >= 11 is 0. The van der Waals surface area contributed by atoms with Crippen LogP contribution in [0.15, 0.2) is 53.7 Å². The van der Waals surface area contributed by atoms with E-state index >= 15 is 0 Å². The van der Waals surface area contributed by atoms with E-state index in [2.05, 4.69) is 5.10 Å². The fourth-order valence-corrected chi connectivity index (χ4v) is 2.54. The third kappa shape index (κ3) is 3.65. The van der Waals surface area contributed by atoms with Crippen LogP contribution in [0.2, 0.25) is 0 Å². The van der Waals surface area contributed by atoms with Crippen LogP contribution in [0.3, 0.4) is 0 Å². The van der Waals surface area contributed by atoms with Gasteiger partial charge in [0, 0.05) is 25.4 Å². The predicted molar refractivity (Wildman–Crippen MR) is 68.6 cm³/mol. The van der Waals surface area contributed by atoms with Crippen molar-refractivity contribution in [2.45, 2.75) is 17.9 Å². The Morgan fingerprint density at radius 1 is 1.21 bits per heavy atom. The first-order chi connectivity index (χ1) is 9.08. The van der Waals surface area contributed by atoms with Gasteiger partial charge in [-0.2, -0.15) is 5.10 Å². The first-order valence-electron chi connectivity index (χ1n) is 5.66. The fourth-order valence-electron chi connectivity index (χ4n) is 1.51. The number of carbonyl (C=O) groups excluding carboxylic acids is 1. The lowest BCUT2D eigenvalue weighted by atomic mass is 10.4. The van der Waals surface area contributed by atoms with Crippen molar-refractivity contribution in [1.82, 2.24) is 14.5 Å². The summed E-state index contributed by atoms with van der Waals surface area (Å²) < 4.78 is 27.3. The second-order valence-electron chi connectivity index (χ2n) is 3.86. The summed E-state index contributed by atoms with van der Waals surface area (Å²) in [5.41, 5.74) is 0. The van der Waals surface area contributed by atoms with Gasteiger partial charge in [0.1, 0.15) is 0 Å². The van der Waals surface area contributed by atoms with Crippen molar-refractivity contribution in [2.24, 2.45) is 0 Å². The number of nitrogens with zero attached hydrogens (tertiary/aromatic N) is 2. The number of amides is 1. The molecule has 0 unspecified atom stereocenters. The summed E-state index contributed by atoms with van der Waals surface area (Å²) in [5.74, 6) is -0.556. The lowest BCUT2D eigenvalue weighted by molar-refractivity contribution is -0.119. The number of hydrogen-bond acceptors (Lipinski definition) is 4. The van der Waals surface area contributed by atoms with Gasteiger partial charge in [-0.1, -0.05) is 18.2 Å². The molecular weight excluding hydrogens is 266 g/mol. The fraction of sp³-hybridized carbons (Fsp3) is 0.167. The summed E-state index contributed by atoms with van der Waals surface area (Å²) in [6.45, 7) is 0.336. The molecule has 1 aromatic heterocycles. The molecule has 0 radical (unpaired) electrons. The first-order valence-corrected chi connectivity index (χ1v) is 7.14. The SMILES string of the molecule is O=C(CCn1cccn1)NS(=O)(=O)c1ccccc1. The molecule has 0 spiro atoms. The lowest BCUT2D eigenvalue weighted by Crippen LogP contribution is -2.31. The van der Waals surface area contributed by atoms with Gasteiger partial charge in [-0.05, 0) is 18.2 Å². The van der Waals surface area contributed by atoms with Gasteiger partial charge in [0.05, 0.1) is 4.90 Å². The van der Waals surface area contributed by atoms with E-state index < -0.39 is 15.9 Å². The van der Waals surface area contributed by atoms with Crippen molar-refractivity contribution in [2.75, 3.05) is 0 Å². The average Bonchev–Trinajstić information content (AvgIpc) is 2.90. The Kier molecular flexibility index (Phi) is 3.96. The van der Waals surface area contributed by atoms with Crippen molar-refractivity contribution in [1.29, 1.82) is 0 Å². The van der Waals surface area contributed by atoms with Crippen molar-refractivity contribution in [3.05, 3.63) is 48.8 Å². The normalized spacial score (nSPS) is 11.2. The topological polar surface area (TPSA) is 81.1 Å². The number of carbonyl (C=O) groups is 1. The van der Waals surface area contributed by atoms with E-state index in [4.69, 9.17) is 0 Å². The Morgan fingerprint density at radius 3 is 2.58 bits per heavy atom. The minimum atomic E-state index is -3.78. The van der Waals surface area contributed by atoms with Gasteiger partial charge in [0.25, 0.3) is 10.0 Å². The molecule has 0 saturated heterocycles. The highest BCUT2D eigenvalue weighted by Gasteiger charge is 2.16. The van der Waals surface area contributed by atoms with Crippen LogP contribution in [0.4, 0.5) is 0 Å². The Morgan fingerprint density at radius 2 is 1.95 bits per heavy atom. The molecule has 1 N–H and O–H groups in total. The Hall–Kier alpha value is -2.15. The Balaban J connectivity index is 1.95. The predicted octanol–water partition coefficient (Wildman–Crippen LogP) is 0.778. The number of benzene rings is 1. The molecule has 0 bridgehead atoms. The van der Waals surface area contributed by atoms with Crippen LogP contribution in [0.25, 0.3) is 0 Å². The van der Waals surface area contributed by atoms with Gasteiger partial charge in [-0.25, -0.2) is 13.1 Å². The highest BCUT2D eigenvalue weighted by molar-refractivity contribution is 7.90. The minimum absolute atomic E-state index is 0.0493. The van der Waals surface area contributed by atoms with Crippen LogP contribution < -0.4 is 4.72 Å². The summed E-state index contributed by atoms with van der Waals surface area (Å²) in [4.78, 5) is 11.7. The van der Waals surface area contributed by atoms with E-state index in [9.17, 15) is 13.2 Å². The molecule has 0 aliphatic heterocycles. The molecule has 0 aliphatic carbocycles. The molecule has 2 rings (SSSR count). The number of hydrogen-bond donors (Lipinski definition) is 1. The van der Waals surface area contributed by atoms with E-state index in [-0.39, 0.29) is 11.3 Å². The molecule has 7 heteroatoms. The van der Waals surface area contributed by atoms with Crippen LogP contribution in [-0.2, 0) is 21.4 Å². The molecule has 0 aliphatic rings. The molecule has 6 nitrogen and oxygen atoms in total. The quantitative estimate of drug-likeness (QED) is 0.877. The molecule has 1 amide bonds. The molecule has 1 aromatic carbocycles. The molecule has 19 heavy (non-hydrogen) atoms. The van der Waals surface area contributed by atoms with Crippen molar-refractivity contribution < 1.29 is 13.2 Å². The summed E-state index contributed by atoms with van der Waals surface area (Å²) in [5, 5.41) is 3.93. The number of nitrogens with one attached hydrogen (secondary N) is 1. The number of aryl methyl sites for hydroxylation is 1. The Bertz CT molecular complexity index is 636. The highest BCUT2D eigenvalue weighted by Crippen LogP contribution is 2.07. The van der Waals surface area contributed by atoms with E-state index in [1.165, 1.54) is 12.1 Å². The average molecular weight is 279 g/mol. The zero-order valence-electron chi connectivity index (χ0n) is 10.1. The van der Waals surface area contributed by atoms with Gasteiger partial charge in [0.2, 0.25) is 5.91 Å². The molecule has 0 atom stereocenters. The van der Waals surface area contributed by atoms with Gasteiger partial charge >= 0.3 is 0 Å². The highest BCUT2D eigenvalue weighted by atomic mass is 32.2. The minimum Gasteiger partial charge on any atom is -0.274 e. The van der Waals surface area contributed by atoms with E-state index in [0.717, 1.165) is 0 Å². The zero-order valence-corrected chi connectivity index (χ0v) is 10.9. The van der Waals surface area contributed by atoms with E-state index in [1.54, 1.807) is 41.3 Å². The molecule has 100 valence electrons. The summed E-state index contributed by atoms with van der Waals surface area (Å²) in [6, 6.07) is 9.51. The molecule has 2 aromatic rings. The van der Waals surface area contributed by atoms with Crippen molar-refractivity contribution in [3.63, 3.8) is 0 Å². The van der Waals surface area contributed by atoms with Crippen LogP contribution in [-0.4, -0.2) is 24.1 Å². The standard InChI is InChI=1S/C12H13N3O3S/c16-12(7-10-15-9-4-8-13-15)14-19(17,18)11-5-2-1-3-6-11/h1-6,8-9H,7,10H2,(H,14,16). The van der Waals surface area contributed by atoms with Crippen molar-refractivity contribution in [3.8, 4) is 0 Å². The molecule has 0 fully saturated rings. The maximum Gasteiger partial charge on any atom is 0.264 e. The number of sulfonamides is 1. The van der Waals surface area contributed by atoms with E-state index in [0.29, 0.717) is 6.54 Å². The third-order valence-electron chi connectivity index (χ3n) is 2.43. The maximum absolute atomic E-state index is 11.8. The van der Waals surface area contributed by atoms with Crippen LogP contribution >= 0.6 is 0 Å². The molecule has 0 saturated carbocycles. The first kappa shape index (κ1) is 13.3. The summed E-state index contributed by atoms with van der Waals surface area (Å²) in [7, 11) is -3.78. The van der Waals surface area contributed by atoms with Crippen LogP contribution in [0, 0.1) is 0 Å². The van der Waals surface area contributed by atoms with Gasteiger partial charge in [0.15, 0.2) is 0 Å². The van der Waals surface area contributed by atoms with Crippen LogP contribution in [0.1, 0.15) is 6.42 Å². The van der Waals surface area contributed by atoms with Crippen LogP contribution in [0.5, 0.6) is 0 Å². The van der Waals surface area contributed by atoms with Crippen molar-refractivity contribution >= 4 is 15.9 Å². The summed E-state index contributed by atoms with van der Waals surface area (Å²) in [6.07, 6.45) is 3.35. The maximum atomic E-state index is 11.8. The van der Waals surface area contributed by atoms with Gasteiger partial charge in [-0.3, -0.25) is 9.48 Å². The van der Waals surface area contributed by atoms with E-state index in [1.807, 2.05) is 4.72 Å². The zero-order chi connectivity index (χ0) is 13.7. The smallest absolute Gasteiger partial charge is 0.264 e. The van der Waals surface area contributed by atoms with Gasteiger partial charge in [-0.15, -0.1) is 0 Å². The monoisotopic (exact) mass is 279 g/mol. The number of rotatable bonds is 5. The number of aromatic nitrogens is 2. The lowest BCUT2D eigenvalue weighted by Gasteiger charge is -2.06. The second kappa shape index (κ2) is 5.66. The second-order valence-corrected chi connectivity index (χ2v) is 5.54.